The van der Waals surface area contributed by atoms with Crippen LogP contribution in [-0.4, -0.2) is 40.1 Å². The lowest BCUT2D eigenvalue weighted by Gasteiger charge is -2.21. The van der Waals surface area contributed by atoms with Gasteiger partial charge in [0.15, 0.2) is 0 Å². The number of aromatic carboxylic acids is 1. The molecule has 1 unspecified atom stereocenters. The van der Waals surface area contributed by atoms with Gasteiger partial charge in [-0.2, -0.15) is 0 Å². The van der Waals surface area contributed by atoms with Crippen LogP contribution in [0.25, 0.3) is 0 Å². The fraction of sp³-hybridized carbons (Fsp3) is 0.250. The number of carbonyl (C=O) groups excluding carboxylic acids is 2. The molecule has 0 aliphatic rings. The summed E-state index contributed by atoms with van der Waals surface area (Å²) in [4.78, 5) is 37.1. The van der Waals surface area contributed by atoms with Gasteiger partial charge in [0.1, 0.15) is 0 Å². The van der Waals surface area contributed by atoms with Gasteiger partial charge in [0.25, 0.3) is 0 Å². The monoisotopic (exact) mass is 386 g/mol. The Bertz CT molecular complexity index is 819. The number of nitrogens with one attached hydrogen (secondary N) is 1. The summed E-state index contributed by atoms with van der Waals surface area (Å²) in [7, 11) is 1.73. The molecule has 0 bridgehead atoms. The molecule has 0 fully saturated rings. The molecular weight excluding hydrogens is 364 g/mol. The van der Waals surface area contributed by atoms with E-state index in [0.717, 1.165) is 10.5 Å². The highest BCUT2D eigenvalue weighted by atomic mass is 32.2. The first kappa shape index (κ1) is 20.5. The quantitative estimate of drug-likeness (QED) is 0.712. The fourth-order valence-electron chi connectivity index (χ4n) is 2.49. The Morgan fingerprint density at radius 2 is 1.67 bits per heavy atom. The smallest absolute Gasteiger partial charge is 0.335 e. The molecular formula is C20H22N2O4S. The summed E-state index contributed by atoms with van der Waals surface area (Å²) in [5, 5.41) is 11.4. The number of thioether (sulfide) groups is 1. The summed E-state index contributed by atoms with van der Waals surface area (Å²) in [5.41, 5.74) is 1.81. The van der Waals surface area contributed by atoms with Gasteiger partial charge in [-0.25, -0.2) is 4.79 Å². The molecule has 0 saturated carbocycles. The van der Waals surface area contributed by atoms with Crippen molar-refractivity contribution >= 4 is 35.2 Å². The lowest BCUT2D eigenvalue weighted by Crippen LogP contribution is -2.32. The minimum absolute atomic E-state index is 0.0201. The number of carboxylic acids is 1. The number of amides is 2. The fourth-order valence-corrected chi connectivity index (χ4v) is 3.47. The lowest BCUT2D eigenvalue weighted by molar-refractivity contribution is -0.129. The molecule has 0 aromatic heterocycles. The summed E-state index contributed by atoms with van der Waals surface area (Å²) in [6.45, 7) is 3.71. The molecule has 0 spiro atoms. The Kier molecular flexibility index (Phi) is 7.01. The summed E-state index contributed by atoms with van der Waals surface area (Å²) in [6, 6.07) is 13.8. The molecule has 2 aromatic carbocycles. The van der Waals surface area contributed by atoms with E-state index in [9.17, 15) is 14.4 Å². The van der Waals surface area contributed by atoms with Gasteiger partial charge in [-0.3, -0.25) is 9.59 Å². The van der Waals surface area contributed by atoms with Crippen LogP contribution in [0.5, 0.6) is 0 Å². The van der Waals surface area contributed by atoms with Crippen molar-refractivity contribution in [3.05, 3.63) is 59.7 Å². The van der Waals surface area contributed by atoms with Crippen molar-refractivity contribution in [3.8, 4) is 0 Å². The van der Waals surface area contributed by atoms with Crippen molar-refractivity contribution in [2.24, 2.45) is 0 Å². The third-order valence-electron chi connectivity index (χ3n) is 3.83. The lowest BCUT2D eigenvalue weighted by atomic mass is 10.1. The molecule has 1 atom stereocenters. The van der Waals surface area contributed by atoms with Crippen LogP contribution < -0.4 is 5.32 Å². The number of benzene rings is 2. The van der Waals surface area contributed by atoms with Gasteiger partial charge in [0.05, 0.1) is 10.8 Å². The first-order chi connectivity index (χ1) is 12.8. The summed E-state index contributed by atoms with van der Waals surface area (Å²) < 4.78 is 0. The van der Waals surface area contributed by atoms with Crippen molar-refractivity contribution in [1.29, 1.82) is 0 Å². The normalized spacial score (nSPS) is 11.5. The van der Waals surface area contributed by atoms with E-state index in [-0.39, 0.29) is 22.6 Å². The zero-order valence-corrected chi connectivity index (χ0v) is 16.2. The van der Waals surface area contributed by atoms with E-state index in [0.29, 0.717) is 12.2 Å². The van der Waals surface area contributed by atoms with Crippen molar-refractivity contribution in [3.63, 3.8) is 0 Å². The Hall–Kier alpha value is -2.80. The van der Waals surface area contributed by atoms with Gasteiger partial charge in [0.2, 0.25) is 11.8 Å². The first-order valence-corrected chi connectivity index (χ1v) is 9.25. The number of rotatable bonds is 7. The Morgan fingerprint density at radius 1 is 1.07 bits per heavy atom. The molecule has 142 valence electrons. The molecule has 27 heavy (non-hydrogen) atoms. The molecule has 6 nitrogen and oxygen atoms in total. The highest BCUT2D eigenvalue weighted by Gasteiger charge is 2.19. The average Bonchev–Trinajstić information content (AvgIpc) is 2.62. The molecule has 0 aliphatic heterocycles. The maximum atomic E-state index is 12.6. The number of hydrogen-bond acceptors (Lipinski definition) is 4. The molecule has 0 saturated heterocycles. The number of anilines is 1. The number of carboxylic acid groups (broad SMARTS) is 1. The van der Waals surface area contributed by atoms with Gasteiger partial charge < -0.3 is 15.3 Å². The predicted molar refractivity (Wildman–Crippen MR) is 106 cm³/mol. The largest absolute Gasteiger partial charge is 0.478 e. The molecule has 2 rings (SSSR count). The Morgan fingerprint density at radius 3 is 2.19 bits per heavy atom. The predicted octanol–water partition coefficient (Wildman–Crippen LogP) is 3.48. The van der Waals surface area contributed by atoms with Crippen LogP contribution in [0.15, 0.2) is 53.4 Å². The second-order valence-corrected chi connectivity index (χ2v) is 7.58. The second-order valence-electron chi connectivity index (χ2n) is 6.16. The SMILES string of the molecule is CC(=O)Nc1ccc(SC(C)C(=O)N(C)Cc2ccc(C(=O)O)cc2)cc1. The number of hydrogen-bond donors (Lipinski definition) is 2. The van der Waals surface area contributed by atoms with Crippen molar-refractivity contribution < 1.29 is 19.5 Å². The van der Waals surface area contributed by atoms with Crippen molar-refractivity contribution in [2.75, 3.05) is 12.4 Å². The third-order valence-corrected chi connectivity index (χ3v) is 4.93. The number of nitrogens with zero attached hydrogens (tertiary/aromatic N) is 1. The Balaban J connectivity index is 1.93. The van der Waals surface area contributed by atoms with Crippen LogP contribution in [-0.2, 0) is 16.1 Å². The van der Waals surface area contributed by atoms with Crippen LogP contribution in [0.3, 0.4) is 0 Å². The van der Waals surface area contributed by atoms with Crippen LogP contribution in [0.2, 0.25) is 0 Å². The maximum Gasteiger partial charge on any atom is 0.335 e. The second kappa shape index (κ2) is 9.23. The van der Waals surface area contributed by atoms with Crippen LogP contribution >= 0.6 is 11.8 Å². The molecule has 7 heteroatoms. The minimum atomic E-state index is -0.972. The molecule has 0 heterocycles. The van der Waals surface area contributed by atoms with Crippen molar-refractivity contribution in [2.45, 2.75) is 30.5 Å². The van der Waals surface area contributed by atoms with E-state index in [2.05, 4.69) is 5.32 Å². The van der Waals surface area contributed by atoms with Crippen molar-refractivity contribution in [1.82, 2.24) is 4.90 Å². The summed E-state index contributed by atoms with van der Waals surface area (Å²) in [5.74, 6) is -1.12. The maximum absolute atomic E-state index is 12.6. The summed E-state index contributed by atoms with van der Waals surface area (Å²) in [6.07, 6.45) is 0. The molecule has 2 aromatic rings. The number of carbonyl (C=O) groups is 3. The zero-order valence-electron chi connectivity index (χ0n) is 15.4. The standard InChI is InChI=1S/C20H22N2O4S/c1-13(27-18-10-8-17(9-11-18)21-14(2)23)19(24)22(3)12-15-4-6-16(7-5-15)20(25)26/h4-11,13H,12H2,1-3H3,(H,21,23)(H,25,26). The molecule has 2 amide bonds. The van der Waals surface area contributed by atoms with E-state index in [4.69, 9.17) is 5.11 Å². The van der Waals surface area contributed by atoms with Crippen LogP contribution in [0.1, 0.15) is 29.8 Å². The Labute approximate surface area is 162 Å². The summed E-state index contributed by atoms with van der Waals surface area (Å²) >= 11 is 1.44. The highest BCUT2D eigenvalue weighted by Crippen LogP contribution is 2.26. The molecule has 0 radical (unpaired) electrons. The van der Waals surface area contributed by atoms with Gasteiger partial charge in [-0.05, 0) is 48.9 Å². The first-order valence-electron chi connectivity index (χ1n) is 8.38. The van der Waals surface area contributed by atoms with E-state index in [1.807, 2.05) is 19.1 Å². The zero-order chi connectivity index (χ0) is 20.0. The van der Waals surface area contributed by atoms with Crippen LogP contribution in [0, 0.1) is 0 Å². The van der Waals surface area contributed by atoms with Gasteiger partial charge in [0, 0.05) is 31.1 Å². The third kappa shape index (κ3) is 6.14. The molecule has 2 N–H and O–H groups in total. The van der Waals surface area contributed by atoms with Gasteiger partial charge >= 0.3 is 5.97 Å². The molecule has 0 aliphatic carbocycles. The average molecular weight is 386 g/mol. The highest BCUT2D eigenvalue weighted by molar-refractivity contribution is 8.00. The van der Waals surface area contributed by atoms with Crippen LogP contribution in [0.4, 0.5) is 5.69 Å². The van der Waals surface area contributed by atoms with Gasteiger partial charge in [-0.1, -0.05) is 12.1 Å². The minimum Gasteiger partial charge on any atom is -0.478 e. The van der Waals surface area contributed by atoms with E-state index in [1.54, 1.807) is 36.2 Å². The van der Waals surface area contributed by atoms with Gasteiger partial charge in [-0.15, -0.1) is 11.8 Å². The topological polar surface area (TPSA) is 86.7 Å². The van der Waals surface area contributed by atoms with E-state index >= 15 is 0 Å². The van der Waals surface area contributed by atoms with E-state index in [1.165, 1.54) is 30.8 Å². The van der Waals surface area contributed by atoms with E-state index < -0.39 is 5.97 Å².